The Hall–Kier alpha value is -2.72. The first-order chi connectivity index (χ1) is 18.2. The number of amides is 2. The highest BCUT2D eigenvalue weighted by Gasteiger charge is 2.40. The lowest BCUT2D eigenvalue weighted by molar-refractivity contribution is -0.120. The molecule has 11 heteroatoms. The maximum atomic E-state index is 15.2. The number of carbonyl (C=O) groups is 3. The number of rotatable bonds is 6. The van der Waals surface area contributed by atoms with E-state index in [9.17, 15) is 23.2 Å². The third-order valence-electron chi connectivity index (χ3n) is 6.53. The van der Waals surface area contributed by atoms with Crippen molar-refractivity contribution < 1.29 is 32.3 Å². The van der Waals surface area contributed by atoms with E-state index in [-0.39, 0.29) is 37.1 Å². The molecule has 2 aromatic carbocycles. The third-order valence-corrected chi connectivity index (χ3v) is 7.92. The standard InChI is InChI=1S/C28H30ClF3N2O4S/c1-27(2,3)38-26(37)33-21-15-39-24-12-20(30)19(23(35)10-17-8-9-28(31,32)13-17)11-22(24)34(25(21)36)14-16-4-6-18(29)7-5-16/h4-7,11-12,17,21H,8-10,13-15H2,1-3H3,(H,33,37)/t17?,21-/m0/s1. The fourth-order valence-electron chi connectivity index (χ4n) is 4.71. The molecule has 0 spiro atoms. The topological polar surface area (TPSA) is 75.7 Å². The summed E-state index contributed by atoms with van der Waals surface area (Å²) in [6.07, 6.45) is -1.47. The Morgan fingerprint density at radius 3 is 2.51 bits per heavy atom. The van der Waals surface area contributed by atoms with Gasteiger partial charge in [-0.15, -0.1) is 11.8 Å². The van der Waals surface area contributed by atoms with Gasteiger partial charge in [-0.25, -0.2) is 18.0 Å². The van der Waals surface area contributed by atoms with Crippen molar-refractivity contribution in [2.75, 3.05) is 10.7 Å². The molecule has 1 aliphatic heterocycles. The van der Waals surface area contributed by atoms with E-state index in [1.54, 1.807) is 45.0 Å². The number of nitrogens with one attached hydrogen (secondary N) is 1. The number of hydrogen-bond donors (Lipinski definition) is 1. The van der Waals surface area contributed by atoms with Gasteiger partial charge in [-0.2, -0.15) is 0 Å². The highest BCUT2D eigenvalue weighted by atomic mass is 35.5. The molecular formula is C28H30ClF3N2O4S. The number of thioether (sulfide) groups is 1. The normalized spacial score (nSPS) is 20.8. The molecule has 1 fully saturated rings. The number of ether oxygens (including phenoxy) is 1. The quantitative estimate of drug-likeness (QED) is 0.371. The maximum Gasteiger partial charge on any atom is 0.408 e. The van der Waals surface area contributed by atoms with Crippen molar-refractivity contribution in [1.29, 1.82) is 0 Å². The Balaban J connectivity index is 1.66. The molecular weight excluding hydrogens is 553 g/mol. The molecule has 1 aliphatic carbocycles. The number of halogens is 4. The summed E-state index contributed by atoms with van der Waals surface area (Å²) in [5, 5.41) is 3.11. The van der Waals surface area contributed by atoms with Crippen LogP contribution in [0.3, 0.4) is 0 Å². The van der Waals surface area contributed by atoms with Crippen LogP contribution in [0.25, 0.3) is 0 Å². The van der Waals surface area contributed by atoms with Crippen LogP contribution in [-0.4, -0.2) is 41.1 Å². The summed E-state index contributed by atoms with van der Waals surface area (Å²) in [7, 11) is 0. The van der Waals surface area contributed by atoms with Gasteiger partial charge < -0.3 is 15.0 Å². The van der Waals surface area contributed by atoms with Crippen LogP contribution in [0.2, 0.25) is 5.02 Å². The molecule has 1 heterocycles. The lowest BCUT2D eigenvalue weighted by atomic mass is 9.96. The fourth-order valence-corrected chi connectivity index (χ4v) is 5.91. The summed E-state index contributed by atoms with van der Waals surface area (Å²) < 4.78 is 47.8. The molecule has 0 aromatic heterocycles. The number of fused-ring (bicyclic) bond motifs is 1. The molecule has 39 heavy (non-hydrogen) atoms. The monoisotopic (exact) mass is 582 g/mol. The molecule has 2 amide bonds. The van der Waals surface area contributed by atoms with E-state index in [0.717, 1.165) is 11.8 Å². The van der Waals surface area contributed by atoms with Gasteiger partial charge in [0.05, 0.1) is 17.8 Å². The fraction of sp³-hybridized carbons (Fsp3) is 0.464. The average molecular weight is 583 g/mol. The second-order valence-corrected chi connectivity index (χ2v) is 12.5. The number of alkyl halides is 2. The van der Waals surface area contributed by atoms with E-state index in [1.807, 2.05) is 0 Å². The summed E-state index contributed by atoms with van der Waals surface area (Å²) in [6.45, 7) is 5.16. The van der Waals surface area contributed by atoms with Crippen molar-refractivity contribution in [3.8, 4) is 0 Å². The average Bonchev–Trinajstić information content (AvgIpc) is 3.12. The van der Waals surface area contributed by atoms with Crippen LogP contribution < -0.4 is 10.2 Å². The zero-order valence-corrected chi connectivity index (χ0v) is 23.4. The zero-order valence-electron chi connectivity index (χ0n) is 21.9. The molecule has 1 saturated carbocycles. The van der Waals surface area contributed by atoms with Crippen LogP contribution >= 0.6 is 23.4 Å². The molecule has 2 atom stereocenters. The minimum absolute atomic E-state index is 0.0597. The first-order valence-corrected chi connectivity index (χ1v) is 14.0. The molecule has 2 aromatic rings. The van der Waals surface area contributed by atoms with Crippen molar-refractivity contribution in [3.63, 3.8) is 0 Å². The number of carbonyl (C=O) groups excluding carboxylic acids is 3. The highest BCUT2D eigenvalue weighted by molar-refractivity contribution is 7.99. The molecule has 0 saturated heterocycles. The number of benzene rings is 2. The largest absolute Gasteiger partial charge is 0.444 e. The zero-order chi connectivity index (χ0) is 28.5. The van der Waals surface area contributed by atoms with Gasteiger partial charge in [0.1, 0.15) is 17.5 Å². The summed E-state index contributed by atoms with van der Waals surface area (Å²) >= 11 is 7.17. The summed E-state index contributed by atoms with van der Waals surface area (Å²) in [5.74, 6) is -5.09. The van der Waals surface area contributed by atoms with Crippen LogP contribution in [0.5, 0.6) is 0 Å². The van der Waals surface area contributed by atoms with Gasteiger partial charge in [0.15, 0.2) is 5.78 Å². The van der Waals surface area contributed by atoms with Gasteiger partial charge in [-0.1, -0.05) is 23.7 Å². The van der Waals surface area contributed by atoms with Crippen molar-refractivity contribution in [1.82, 2.24) is 5.32 Å². The number of anilines is 1. The Morgan fingerprint density at radius 1 is 1.21 bits per heavy atom. The smallest absolute Gasteiger partial charge is 0.408 e. The van der Waals surface area contributed by atoms with Crippen LogP contribution in [-0.2, 0) is 16.1 Å². The van der Waals surface area contributed by atoms with E-state index < -0.39 is 53.5 Å². The molecule has 0 bridgehead atoms. The van der Waals surface area contributed by atoms with Crippen molar-refractivity contribution in [2.24, 2.45) is 5.92 Å². The molecule has 0 radical (unpaired) electrons. The maximum absolute atomic E-state index is 15.2. The number of Topliss-reactive ketones (excluding diaryl/α,β-unsaturated/α-hetero) is 1. The van der Waals surface area contributed by atoms with E-state index in [1.165, 1.54) is 17.0 Å². The second kappa shape index (κ2) is 11.4. The predicted octanol–water partition coefficient (Wildman–Crippen LogP) is 7.02. The van der Waals surface area contributed by atoms with Crippen LogP contribution in [0.4, 0.5) is 23.7 Å². The van der Waals surface area contributed by atoms with Crippen molar-refractivity contribution in [3.05, 3.63) is 58.4 Å². The Bertz CT molecular complexity index is 1270. The van der Waals surface area contributed by atoms with Crippen LogP contribution in [0, 0.1) is 11.7 Å². The molecule has 4 rings (SSSR count). The number of hydrogen-bond acceptors (Lipinski definition) is 5. The summed E-state index contributed by atoms with van der Waals surface area (Å²) in [5.41, 5.74) is -0.0162. The first-order valence-electron chi connectivity index (χ1n) is 12.6. The van der Waals surface area contributed by atoms with E-state index in [4.69, 9.17) is 16.3 Å². The van der Waals surface area contributed by atoms with Crippen LogP contribution in [0.1, 0.15) is 62.4 Å². The van der Waals surface area contributed by atoms with Crippen molar-refractivity contribution in [2.45, 2.75) is 75.5 Å². The third kappa shape index (κ3) is 7.48. The van der Waals surface area contributed by atoms with Gasteiger partial charge >= 0.3 is 6.09 Å². The molecule has 1 unspecified atom stereocenters. The summed E-state index contributed by atoms with van der Waals surface area (Å²) in [6, 6.07) is 8.32. The molecule has 2 aliphatic rings. The van der Waals surface area contributed by atoms with Gasteiger partial charge in [0, 0.05) is 34.9 Å². The molecule has 6 nitrogen and oxygen atoms in total. The minimum atomic E-state index is -2.81. The second-order valence-electron chi connectivity index (χ2n) is 11.0. The minimum Gasteiger partial charge on any atom is -0.444 e. The van der Waals surface area contributed by atoms with Gasteiger partial charge in [-0.3, -0.25) is 9.59 Å². The SMILES string of the molecule is CC(C)(C)OC(=O)N[C@H]1CSc2cc(F)c(C(=O)CC3CCC(F)(F)C3)cc2N(Cc2ccc(Cl)cc2)C1=O. The lowest BCUT2D eigenvalue weighted by Gasteiger charge is -2.27. The lowest BCUT2D eigenvalue weighted by Crippen LogP contribution is -2.50. The van der Waals surface area contributed by atoms with Gasteiger partial charge in [0.2, 0.25) is 5.92 Å². The van der Waals surface area contributed by atoms with Crippen molar-refractivity contribution >= 4 is 46.8 Å². The number of alkyl carbamates (subject to hydrolysis) is 1. The Morgan fingerprint density at radius 2 is 1.90 bits per heavy atom. The Kier molecular flexibility index (Phi) is 8.56. The Labute approximate surface area is 234 Å². The molecule has 210 valence electrons. The highest BCUT2D eigenvalue weighted by Crippen LogP contribution is 2.42. The van der Waals surface area contributed by atoms with Gasteiger partial charge in [-0.05, 0) is 62.9 Å². The molecule has 1 N–H and O–H groups in total. The van der Waals surface area contributed by atoms with E-state index in [0.29, 0.717) is 21.2 Å². The van der Waals surface area contributed by atoms with Crippen LogP contribution in [0.15, 0.2) is 41.3 Å². The van der Waals surface area contributed by atoms with Gasteiger partial charge in [0.25, 0.3) is 5.91 Å². The summed E-state index contributed by atoms with van der Waals surface area (Å²) in [4.78, 5) is 41.1. The number of nitrogens with zero attached hydrogens (tertiary/aromatic N) is 1. The number of ketones is 1. The predicted molar refractivity (Wildman–Crippen MR) is 144 cm³/mol. The van der Waals surface area contributed by atoms with E-state index in [2.05, 4.69) is 5.32 Å². The first kappa shape index (κ1) is 29.3. The van der Waals surface area contributed by atoms with E-state index >= 15 is 4.39 Å².